The molecule has 3 nitrogen and oxygen atoms in total. The molecule has 1 rings (SSSR count). The van der Waals surface area contributed by atoms with E-state index in [9.17, 15) is 0 Å². The van der Waals surface area contributed by atoms with Gasteiger partial charge in [0, 0.05) is 26.2 Å². The van der Waals surface area contributed by atoms with Crippen LogP contribution in [0.1, 0.15) is 0 Å². The maximum atomic E-state index is 5.57. The fourth-order valence-corrected chi connectivity index (χ4v) is 1.33. The number of likely N-dealkylation sites (N-methyl/N-ethyl adjacent to an activating group) is 1. The zero-order chi connectivity index (χ0) is 7.40. The maximum absolute atomic E-state index is 5.57. The van der Waals surface area contributed by atoms with E-state index in [-0.39, 0.29) is 0 Å². The Hall–Kier alpha value is -0.120. The number of nitrogens with one attached hydrogen (secondary N) is 1. The summed E-state index contributed by atoms with van der Waals surface area (Å²) in [5, 5.41) is 3.36. The van der Waals surface area contributed by atoms with Gasteiger partial charge < -0.3 is 16.0 Å². The third-order valence-corrected chi connectivity index (χ3v) is 2.01. The van der Waals surface area contributed by atoms with Crippen molar-refractivity contribution < 1.29 is 0 Å². The Balaban J connectivity index is 2.30. The molecule has 0 bridgehead atoms. The summed E-state index contributed by atoms with van der Waals surface area (Å²) in [4.78, 5) is 2.33. The SMILES string of the molecule is CN1CCNCC(CN)C1. The normalized spacial score (nSPS) is 30.0. The van der Waals surface area contributed by atoms with Crippen LogP contribution < -0.4 is 11.1 Å². The van der Waals surface area contributed by atoms with Crippen LogP contribution in [-0.2, 0) is 0 Å². The van der Waals surface area contributed by atoms with E-state index in [1.165, 1.54) is 0 Å². The van der Waals surface area contributed by atoms with Crippen molar-refractivity contribution in [1.29, 1.82) is 0 Å². The molecule has 1 aliphatic heterocycles. The van der Waals surface area contributed by atoms with Gasteiger partial charge in [0.05, 0.1) is 0 Å². The van der Waals surface area contributed by atoms with Crippen LogP contribution in [-0.4, -0.2) is 44.7 Å². The average Bonchev–Trinajstić information content (AvgIpc) is 2.13. The van der Waals surface area contributed by atoms with Crippen molar-refractivity contribution in [2.45, 2.75) is 0 Å². The van der Waals surface area contributed by atoms with Crippen LogP contribution >= 0.6 is 0 Å². The number of hydrogen-bond donors (Lipinski definition) is 2. The summed E-state index contributed by atoms with van der Waals surface area (Å²) in [7, 11) is 2.15. The van der Waals surface area contributed by atoms with Crippen molar-refractivity contribution in [2.75, 3.05) is 39.8 Å². The summed E-state index contributed by atoms with van der Waals surface area (Å²) in [5.41, 5.74) is 5.57. The quantitative estimate of drug-likeness (QED) is 0.499. The van der Waals surface area contributed by atoms with Crippen LogP contribution in [0.5, 0.6) is 0 Å². The van der Waals surface area contributed by atoms with Crippen molar-refractivity contribution in [1.82, 2.24) is 10.2 Å². The summed E-state index contributed by atoms with van der Waals surface area (Å²) >= 11 is 0. The van der Waals surface area contributed by atoms with Crippen LogP contribution in [0.2, 0.25) is 0 Å². The molecule has 0 aliphatic carbocycles. The zero-order valence-electron chi connectivity index (χ0n) is 6.64. The summed E-state index contributed by atoms with van der Waals surface area (Å²) in [6.07, 6.45) is 0. The first-order valence-corrected chi connectivity index (χ1v) is 3.92. The molecule has 1 heterocycles. The van der Waals surface area contributed by atoms with E-state index in [1.807, 2.05) is 0 Å². The lowest BCUT2D eigenvalue weighted by molar-refractivity contribution is 0.313. The highest BCUT2D eigenvalue weighted by Gasteiger charge is 2.12. The van der Waals surface area contributed by atoms with E-state index < -0.39 is 0 Å². The minimum atomic E-state index is 0.646. The third-order valence-electron chi connectivity index (χ3n) is 2.01. The van der Waals surface area contributed by atoms with Gasteiger partial charge in [0.15, 0.2) is 0 Å². The van der Waals surface area contributed by atoms with Crippen LogP contribution in [0.15, 0.2) is 0 Å². The molecule has 1 aliphatic rings. The smallest absolute Gasteiger partial charge is 0.0104 e. The monoisotopic (exact) mass is 143 g/mol. The molecule has 60 valence electrons. The minimum Gasteiger partial charge on any atom is -0.330 e. The van der Waals surface area contributed by atoms with Gasteiger partial charge in [-0.15, -0.1) is 0 Å². The molecule has 3 heteroatoms. The summed E-state index contributed by atoms with van der Waals surface area (Å²) in [5.74, 6) is 0.646. The van der Waals surface area contributed by atoms with Gasteiger partial charge in [0.25, 0.3) is 0 Å². The van der Waals surface area contributed by atoms with Crippen molar-refractivity contribution in [3.05, 3.63) is 0 Å². The van der Waals surface area contributed by atoms with Crippen LogP contribution in [0, 0.1) is 5.92 Å². The molecular weight excluding hydrogens is 126 g/mol. The highest BCUT2D eigenvalue weighted by molar-refractivity contribution is 4.71. The minimum absolute atomic E-state index is 0.646. The second kappa shape index (κ2) is 3.91. The number of nitrogens with two attached hydrogens (primary N) is 1. The molecular formula is C7H17N3. The second-order valence-electron chi connectivity index (χ2n) is 3.07. The van der Waals surface area contributed by atoms with E-state index in [1.54, 1.807) is 0 Å². The predicted octanol–water partition coefficient (Wildman–Crippen LogP) is -0.904. The number of rotatable bonds is 1. The molecule has 1 atom stereocenters. The largest absolute Gasteiger partial charge is 0.330 e. The fraction of sp³-hybridized carbons (Fsp3) is 1.00. The summed E-state index contributed by atoms with van der Waals surface area (Å²) < 4.78 is 0. The number of hydrogen-bond acceptors (Lipinski definition) is 3. The van der Waals surface area contributed by atoms with Gasteiger partial charge in [0.2, 0.25) is 0 Å². The molecule has 3 N–H and O–H groups in total. The lowest BCUT2D eigenvalue weighted by Gasteiger charge is -2.17. The van der Waals surface area contributed by atoms with E-state index in [0.717, 1.165) is 32.7 Å². The first-order valence-electron chi connectivity index (χ1n) is 3.92. The molecule has 10 heavy (non-hydrogen) atoms. The van der Waals surface area contributed by atoms with Gasteiger partial charge in [0.1, 0.15) is 0 Å². The molecule has 1 unspecified atom stereocenters. The standard InChI is InChI=1S/C7H17N3/c1-10-3-2-9-5-7(4-8)6-10/h7,9H,2-6,8H2,1H3. The first kappa shape index (κ1) is 7.98. The Morgan fingerprint density at radius 1 is 1.70 bits per heavy atom. The zero-order valence-corrected chi connectivity index (χ0v) is 6.64. The van der Waals surface area contributed by atoms with Crippen molar-refractivity contribution in [3.63, 3.8) is 0 Å². The Morgan fingerprint density at radius 3 is 3.20 bits per heavy atom. The molecule has 0 aromatic heterocycles. The Labute approximate surface area is 62.6 Å². The van der Waals surface area contributed by atoms with E-state index in [2.05, 4.69) is 17.3 Å². The van der Waals surface area contributed by atoms with Crippen molar-refractivity contribution >= 4 is 0 Å². The average molecular weight is 143 g/mol. The topological polar surface area (TPSA) is 41.3 Å². The Morgan fingerprint density at radius 2 is 2.50 bits per heavy atom. The molecule has 1 saturated heterocycles. The van der Waals surface area contributed by atoms with Crippen molar-refractivity contribution in [2.24, 2.45) is 11.7 Å². The van der Waals surface area contributed by atoms with Gasteiger partial charge in [-0.1, -0.05) is 0 Å². The van der Waals surface area contributed by atoms with Crippen LogP contribution in [0.3, 0.4) is 0 Å². The Kier molecular flexibility index (Phi) is 3.12. The van der Waals surface area contributed by atoms with Crippen LogP contribution in [0.25, 0.3) is 0 Å². The highest BCUT2D eigenvalue weighted by atomic mass is 15.1. The van der Waals surface area contributed by atoms with E-state index in [0.29, 0.717) is 5.92 Å². The second-order valence-corrected chi connectivity index (χ2v) is 3.07. The lowest BCUT2D eigenvalue weighted by Crippen LogP contribution is -2.31. The highest BCUT2D eigenvalue weighted by Crippen LogP contribution is 1.98. The molecule has 0 aromatic rings. The van der Waals surface area contributed by atoms with Gasteiger partial charge in [-0.25, -0.2) is 0 Å². The van der Waals surface area contributed by atoms with Gasteiger partial charge >= 0.3 is 0 Å². The van der Waals surface area contributed by atoms with E-state index in [4.69, 9.17) is 5.73 Å². The molecule has 0 aromatic carbocycles. The Bertz CT molecular complexity index is 94.9. The molecule has 0 radical (unpaired) electrons. The molecule has 1 fully saturated rings. The van der Waals surface area contributed by atoms with E-state index >= 15 is 0 Å². The van der Waals surface area contributed by atoms with Gasteiger partial charge in [-0.2, -0.15) is 0 Å². The third kappa shape index (κ3) is 2.25. The first-order chi connectivity index (χ1) is 4.83. The lowest BCUT2D eigenvalue weighted by atomic mass is 10.1. The molecule has 0 spiro atoms. The number of nitrogens with zero attached hydrogens (tertiary/aromatic N) is 1. The summed E-state index contributed by atoms with van der Waals surface area (Å²) in [6.45, 7) is 5.28. The van der Waals surface area contributed by atoms with Crippen molar-refractivity contribution in [3.8, 4) is 0 Å². The van der Waals surface area contributed by atoms with Crippen LogP contribution in [0.4, 0.5) is 0 Å². The molecule has 0 amide bonds. The fourth-order valence-electron chi connectivity index (χ4n) is 1.33. The predicted molar refractivity (Wildman–Crippen MR) is 42.9 cm³/mol. The maximum Gasteiger partial charge on any atom is 0.0104 e. The van der Waals surface area contributed by atoms with Gasteiger partial charge in [-0.05, 0) is 19.5 Å². The molecule has 0 saturated carbocycles. The summed E-state index contributed by atoms with van der Waals surface area (Å²) in [6, 6.07) is 0. The van der Waals surface area contributed by atoms with Gasteiger partial charge in [-0.3, -0.25) is 0 Å².